The first kappa shape index (κ1) is 18.0. The van der Waals surface area contributed by atoms with Crippen LogP contribution in [0.3, 0.4) is 0 Å². The number of carbonyl (C=O) groups is 1. The van der Waals surface area contributed by atoms with Gasteiger partial charge < -0.3 is 14.7 Å². The van der Waals surface area contributed by atoms with E-state index in [2.05, 4.69) is 15.4 Å². The van der Waals surface area contributed by atoms with Crippen molar-refractivity contribution in [2.24, 2.45) is 0 Å². The fourth-order valence-corrected chi connectivity index (χ4v) is 3.25. The zero-order valence-corrected chi connectivity index (χ0v) is 15.5. The fourth-order valence-electron chi connectivity index (χ4n) is 2.78. The second-order valence-corrected chi connectivity index (χ2v) is 6.93. The van der Waals surface area contributed by atoms with Gasteiger partial charge in [0, 0.05) is 55.4 Å². The molecule has 8 heteroatoms. The third-order valence-corrected chi connectivity index (χ3v) is 4.75. The van der Waals surface area contributed by atoms with Crippen LogP contribution in [0.5, 0.6) is 0 Å². The van der Waals surface area contributed by atoms with Gasteiger partial charge in [-0.3, -0.25) is 4.90 Å². The molecule has 1 N–H and O–H groups in total. The van der Waals surface area contributed by atoms with Gasteiger partial charge in [0.05, 0.1) is 5.69 Å². The predicted octanol–water partition coefficient (Wildman–Crippen LogP) is 3.32. The van der Waals surface area contributed by atoms with E-state index in [0.29, 0.717) is 29.7 Å². The molecule has 0 aliphatic carbocycles. The summed E-state index contributed by atoms with van der Waals surface area (Å²) in [6, 6.07) is 7.12. The van der Waals surface area contributed by atoms with Gasteiger partial charge in [0.25, 0.3) is 0 Å². The van der Waals surface area contributed by atoms with Gasteiger partial charge in [0.15, 0.2) is 0 Å². The van der Waals surface area contributed by atoms with E-state index in [9.17, 15) is 4.79 Å². The van der Waals surface area contributed by atoms with Gasteiger partial charge in [-0.25, -0.2) is 4.79 Å². The lowest BCUT2D eigenvalue weighted by atomic mass is 10.2. The maximum Gasteiger partial charge on any atom is 0.317 e. The molecule has 1 aromatic carbocycles. The number of benzene rings is 1. The summed E-state index contributed by atoms with van der Waals surface area (Å²) in [6.45, 7) is 5.97. The Bertz CT molecular complexity index is 742. The topological polar surface area (TPSA) is 61.6 Å². The van der Waals surface area contributed by atoms with E-state index in [4.69, 9.17) is 27.7 Å². The molecule has 2 amide bonds. The van der Waals surface area contributed by atoms with Gasteiger partial charge in [-0.2, -0.15) is 0 Å². The minimum absolute atomic E-state index is 0.0806. The average molecular weight is 383 g/mol. The molecular formula is C17H20Cl2N4O2. The van der Waals surface area contributed by atoms with E-state index >= 15 is 0 Å². The van der Waals surface area contributed by atoms with Crippen molar-refractivity contribution in [3.8, 4) is 0 Å². The number of amides is 2. The molecular weight excluding hydrogens is 363 g/mol. The summed E-state index contributed by atoms with van der Waals surface area (Å²) in [5, 5.41) is 8.06. The normalized spacial score (nSPS) is 15.4. The summed E-state index contributed by atoms with van der Waals surface area (Å²) >= 11 is 12.0. The van der Waals surface area contributed by atoms with Crippen molar-refractivity contribution < 1.29 is 9.32 Å². The summed E-state index contributed by atoms with van der Waals surface area (Å²) in [4.78, 5) is 16.4. The number of aryl methyl sites for hydroxylation is 1. The predicted molar refractivity (Wildman–Crippen MR) is 96.8 cm³/mol. The van der Waals surface area contributed by atoms with Crippen LogP contribution in [0.4, 0.5) is 4.79 Å². The van der Waals surface area contributed by atoms with Crippen molar-refractivity contribution >= 4 is 29.2 Å². The van der Waals surface area contributed by atoms with Crippen LogP contribution in [0.2, 0.25) is 10.0 Å². The van der Waals surface area contributed by atoms with Gasteiger partial charge in [-0.15, -0.1) is 0 Å². The van der Waals surface area contributed by atoms with Gasteiger partial charge in [-0.1, -0.05) is 34.4 Å². The molecule has 6 nitrogen and oxygen atoms in total. The van der Waals surface area contributed by atoms with E-state index in [1.54, 1.807) is 12.1 Å². The van der Waals surface area contributed by atoms with E-state index in [1.807, 2.05) is 24.0 Å². The number of rotatable bonds is 4. The molecule has 25 heavy (non-hydrogen) atoms. The molecule has 2 aromatic rings. The van der Waals surface area contributed by atoms with E-state index < -0.39 is 0 Å². The van der Waals surface area contributed by atoms with Gasteiger partial charge >= 0.3 is 6.03 Å². The van der Waals surface area contributed by atoms with Crippen LogP contribution in [-0.4, -0.2) is 47.2 Å². The number of urea groups is 1. The first-order valence-corrected chi connectivity index (χ1v) is 8.88. The smallest absolute Gasteiger partial charge is 0.317 e. The van der Waals surface area contributed by atoms with Crippen molar-refractivity contribution in [1.29, 1.82) is 0 Å². The van der Waals surface area contributed by atoms with Crippen LogP contribution < -0.4 is 5.32 Å². The molecule has 2 heterocycles. The second-order valence-electron chi connectivity index (χ2n) is 6.09. The fraction of sp³-hybridized carbons (Fsp3) is 0.412. The molecule has 134 valence electrons. The Labute approximate surface area is 156 Å². The number of halogens is 2. The first-order valence-electron chi connectivity index (χ1n) is 8.12. The maximum atomic E-state index is 12.3. The van der Waals surface area contributed by atoms with Gasteiger partial charge in [0.2, 0.25) is 0 Å². The zero-order chi connectivity index (χ0) is 17.8. The molecule has 1 aromatic heterocycles. The monoisotopic (exact) mass is 382 g/mol. The molecule has 0 unspecified atom stereocenters. The average Bonchev–Trinajstić information content (AvgIpc) is 2.99. The minimum Gasteiger partial charge on any atom is -0.361 e. The molecule has 1 aliphatic heterocycles. The van der Waals surface area contributed by atoms with Crippen molar-refractivity contribution in [1.82, 2.24) is 20.3 Å². The van der Waals surface area contributed by atoms with Crippen LogP contribution in [0.25, 0.3) is 0 Å². The Morgan fingerprint density at radius 1 is 1.24 bits per heavy atom. The van der Waals surface area contributed by atoms with Crippen molar-refractivity contribution in [3.63, 3.8) is 0 Å². The third kappa shape index (κ3) is 4.87. The highest BCUT2D eigenvalue weighted by Crippen LogP contribution is 2.20. The lowest BCUT2D eigenvalue weighted by Gasteiger charge is -2.34. The molecule has 0 bridgehead atoms. The summed E-state index contributed by atoms with van der Waals surface area (Å²) in [5.74, 6) is 0.814. The Hall–Kier alpha value is -1.76. The SMILES string of the molecule is Cc1cc(CN2CCN(C(=O)NCc3ccc(Cl)cc3Cl)CC2)no1. The number of hydrogen-bond acceptors (Lipinski definition) is 4. The molecule has 3 rings (SSSR count). The number of nitrogens with zero attached hydrogens (tertiary/aromatic N) is 3. The van der Waals surface area contributed by atoms with Crippen molar-refractivity contribution in [3.05, 3.63) is 51.3 Å². The first-order chi connectivity index (χ1) is 12.0. The third-order valence-electron chi connectivity index (χ3n) is 4.17. The number of nitrogens with one attached hydrogen (secondary N) is 1. The molecule has 1 fully saturated rings. The molecule has 1 aliphatic rings. The van der Waals surface area contributed by atoms with Crippen LogP contribution >= 0.6 is 23.2 Å². The summed E-state index contributed by atoms with van der Waals surface area (Å²) < 4.78 is 5.09. The quantitative estimate of drug-likeness (QED) is 0.880. The van der Waals surface area contributed by atoms with Gasteiger partial charge in [-0.05, 0) is 24.6 Å². The van der Waals surface area contributed by atoms with Gasteiger partial charge in [0.1, 0.15) is 5.76 Å². The lowest BCUT2D eigenvalue weighted by Crippen LogP contribution is -2.51. The summed E-state index contributed by atoms with van der Waals surface area (Å²) in [5.41, 5.74) is 1.77. The zero-order valence-electron chi connectivity index (χ0n) is 14.0. The van der Waals surface area contributed by atoms with Crippen LogP contribution in [0.1, 0.15) is 17.0 Å². The van der Waals surface area contributed by atoms with Crippen molar-refractivity contribution in [2.75, 3.05) is 26.2 Å². The second kappa shape index (κ2) is 8.08. The largest absolute Gasteiger partial charge is 0.361 e. The van der Waals surface area contributed by atoms with Crippen molar-refractivity contribution in [2.45, 2.75) is 20.0 Å². The highest BCUT2D eigenvalue weighted by atomic mass is 35.5. The minimum atomic E-state index is -0.0806. The van der Waals surface area contributed by atoms with E-state index in [0.717, 1.165) is 36.7 Å². The summed E-state index contributed by atoms with van der Waals surface area (Å²) in [6.07, 6.45) is 0. The highest BCUT2D eigenvalue weighted by molar-refractivity contribution is 6.35. The number of carbonyl (C=O) groups excluding carboxylic acids is 1. The number of hydrogen-bond donors (Lipinski definition) is 1. The molecule has 0 radical (unpaired) electrons. The molecule has 0 atom stereocenters. The molecule has 1 saturated heterocycles. The lowest BCUT2D eigenvalue weighted by molar-refractivity contribution is 0.133. The Balaban J connectivity index is 1.45. The van der Waals surface area contributed by atoms with Crippen LogP contribution in [0.15, 0.2) is 28.8 Å². The maximum absolute atomic E-state index is 12.3. The van der Waals surface area contributed by atoms with E-state index in [1.165, 1.54) is 0 Å². The Kier molecular flexibility index (Phi) is 5.83. The Morgan fingerprint density at radius 2 is 2.00 bits per heavy atom. The number of piperazine rings is 1. The molecule has 0 spiro atoms. The highest BCUT2D eigenvalue weighted by Gasteiger charge is 2.21. The van der Waals surface area contributed by atoms with Crippen LogP contribution in [0, 0.1) is 6.92 Å². The summed E-state index contributed by atoms with van der Waals surface area (Å²) in [7, 11) is 0. The van der Waals surface area contributed by atoms with E-state index in [-0.39, 0.29) is 6.03 Å². The number of aromatic nitrogens is 1. The standard InChI is InChI=1S/C17H20Cl2N4O2/c1-12-8-15(21-25-12)11-22-4-6-23(7-5-22)17(24)20-10-13-2-3-14(18)9-16(13)19/h2-3,8-9H,4-7,10-11H2,1H3,(H,20,24). The van der Waals surface area contributed by atoms with Crippen LogP contribution in [-0.2, 0) is 13.1 Å². The molecule has 0 saturated carbocycles. The Morgan fingerprint density at radius 3 is 2.64 bits per heavy atom.